The molecule has 0 heterocycles. The summed E-state index contributed by atoms with van der Waals surface area (Å²) < 4.78 is 5.26. The molecule has 19 heavy (non-hydrogen) atoms. The Labute approximate surface area is 112 Å². The Morgan fingerprint density at radius 2 is 1.84 bits per heavy atom. The smallest absolute Gasteiger partial charge is 0.326 e. The maximum Gasteiger partial charge on any atom is 0.326 e. The summed E-state index contributed by atoms with van der Waals surface area (Å²) in [6.07, 6.45) is 0. The second-order valence-electron chi connectivity index (χ2n) is 5.31. The monoisotopic (exact) mass is 265 g/mol. The fraction of sp³-hybridized carbons (Fsp3) is 0.429. The van der Waals surface area contributed by atoms with Crippen molar-refractivity contribution < 1.29 is 19.4 Å². The molecule has 0 bridgehead atoms. The van der Waals surface area contributed by atoms with Gasteiger partial charge in [-0.3, -0.25) is 4.79 Å². The van der Waals surface area contributed by atoms with E-state index < -0.39 is 23.3 Å². The summed E-state index contributed by atoms with van der Waals surface area (Å²) in [5.74, 6) is -0.938. The second kappa shape index (κ2) is 6.22. The Balaban J connectivity index is 2.52. The Hall–Kier alpha value is -2.04. The normalized spacial score (nSPS) is 12.6. The number of nitrogens with one attached hydrogen (secondary N) is 1. The topological polar surface area (TPSA) is 75.6 Å². The number of carbonyl (C=O) groups excluding carboxylic acids is 1. The highest BCUT2D eigenvalue weighted by atomic mass is 16.5. The number of para-hydroxylation sites is 1. The minimum absolute atomic E-state index is 0.204. The molecular weight excluding hydrogens is 246 g/mol. The Morgan fingerprint density at radius 1 is 1.26 bits per heavy atom. The van der Waals surface area contributed by atoms with Gasteiger partial charge in [0.15, 0.2) is 6.61 Å². The molecule has 0 unspecified atom stereocenters. The maximum absolute atomic E-state index is 11.7. The van der Waals surface area contributed by atoms with Gasteiger partial charge in [-0.15, -0.1) is 0 Å². The zero-order chi connectivity index (χ0) is 14.5. The SMILES string of the molecule is CC(C)(C)[C@H](NC(=O)COc1ccccc1)C(=O)O. The lowest BCUT2D eigenvalue weighted by Crippen LogP contribution is -2.50. The van der Waals surface area contributed by atoms with Gasteiger partial charge >= 0.3 is 5.97 Å². The van der Waals surface area contributed by atoms with Crippen LogP contribution in [-0.2, 0) is 9.59 Å². The predicted molar refractivity (Wildman–Crippen MR) is 71.0 cm³/mol. The number of ether oxygens (including phenoxy) is 1. The Morgan fingerprint density at radius 3 is 2.32 bits per heavy atom. The van der Waals surface area contributed by atoms with Crippen LogP contribution in [0, 0.1) is 5.41 Å². The molecule has 1 rings (SSSR count). The van der Waals surface area contributed by atoms with Gasteiger partial charge in [-0.25, -0.2) is 4.79 Å². The summed E-state index contributed by atoms with van der Waals surface area (Å²) in [6, 6.07) is 7.94. The van der Waals surface area contributed by atoms with E-state index in [1.54, 1.807) is 45.0 Å². The molecule has 1 aromatic carbocycles. The first kappa shape index (κ1) is 15.0. The number of aliphatic carboxylic acids is 1. The number of carboxylic acids is 1. The fourth-order valence-electron chi connectivity index (χ4n) is 1.52. The molecule has 0 fully saturated rings. The summed E-state index contributed by atoms with van der Waals surface area (Å²) in [5.41, 5.74) is -0.561. The van der Waals surface area contributed by atoms with Crippen molar-refractivity contribution in [2.24, 2.45) is 5.41 Å². The van der Waals surface area contributed by atoms with Crippen LogP contribution in [-0.4, -0.2) is 29.6 Å². The minimum Gasteiger partial charge on any atom is -0.484 e. The lowest BCUT2D eigenvalue weighted by Gasteiger charge is -2.27. The quantitative estimate of drug-likeness (QED) is 0.849. The van der Waals surface area contributed by atoms with E-state index >= 15 is 0 Å². The van der Waals surface area contributed by atoms with Crippen LogP contribution in [0.3, 0.4) is 0 Å². The molecule has 1 aromatic rings. The molecule has 0 aliphatic carbocycles. The zero-order valence-corrected chi connectivity index (χ0v) is 11.3. The molecule has 0 aromatic heterocycles. The van der Waals surface area contributed by atoms with Crippen molar-refractivity contribution >= 4 is 11.9 Å². The van der Waals surface area contributed by atoms with Crippen LogP contribution in [0.25, 0.3) is 0 Å². The minimum atomic E-state index is -1.06. The van der Waals surface area contributed by atoms with Crippen LogP contribution in [0.4, 0.5) is 0 Å². The second-order valence-corrected chi connectivity index (χ2v) is 5.31. The highest BCUT2D eigenvalue weighted by Crippen LogP contribution is 2.19. The van der Waals surface area contributed by atoms with Gasteiger partial charge in [0.05, 0.1) is 0 Å². The van der Waals surface area contributed by atoms with Crippen molar-refractivity contribution in [2.75, 3.05) is 6.61 Å². The molecule has 2 N–H and O–H groups in total. The Bertz CT molecular complexity index is 437. The van der Waals surface area contributed by atoms with Gasteiger partial charge in [0.1, 0.15) is 11.8 Å². The molecular formula is C14H19NO4. The molecule has 5 nitrogen and oxygen atoms in total. The number of carboxylic acid groups (broad SMARTS) is 1. The predicted octanol–water partition coefficient (Wildman–Crippen LogP) is 1.68. The van der Waals surface area contributed by atoms with E-state index in [2.05, 4.69) is 5.32 Å². The third-order valence-corrected chi connectivity index (χ3v) is 2.53. The lowest BCUT2D eigenvalue weighted by atomic mass is 9.87. The van der Waals surface area contributed by atoms with Crippen LogP contribution in [0.5, 0.6) is 5.75 Å². The van der Waals surface area contributed by atoms with Gasteiger partial charge < -0.3 is 15.2 Å². The first-order valence-corrected chi connectivity index (χ1v) is 6.00. The number of carbonyl (C=O) groups is 2. The number of amides is 1. The van der Waals surface area contributed by atoms with Gasteiger partial charge in [-0.1, -0.05) is 39.0 Å². The molecule has 0 radical (unpaired) electrons. The summed E-state index contributed by atoms with van der Waals surface area (Å²) >= 11 is 0. The summed E-state index contributed by atoms with van der Waals surface area (Å²) in [5, 5.41) is 11.6. The maximum atomic E-state index is 11.7. The van der Waals surface area contributed by atoms with E-state index in [1.807, 2.05) is 6.07 Å². The van der Waals surface area contributed by atoms with Crippen molar-refractivity contribution in [3.8, 4) is 5.75 Å². The van der Waals surface area contributed by atoms with E-state index in [1.165, 1.54) is 0 Å². The van der Waals surface area contributed by atoms with Crippen LogP contribution in [0.15, 0.2) is 30.3 Å². The molecule has 0 aliphatic heterocycles. The van der Waals surface area contributed by atoms with E-state index in [-0.39, 0.29) is 6.61 Å². The lowest BCUT2D eigenvalue weighted by molar-refractivity contribution is -0.145. The highest BCUT2D eigenvalue weighted by molar-refractivity contribution is 5.84. The number of hydrogen-bond acceptors (Lipinski definition) is 3. The van der Waals surface area contributed by atoms with Crippen molar-refractivity contribution in [1.29, 1.82) is 0 Å². The average molecular weight is 265 g/mol. The fourth-order valence-corrected chi connectivity index (χ4v) is 1.52. The van der Waals surface area contributed by atoms with Crippen LogP contribution in [0.1, 0.15) is 20.8 Å². The van der Waals surface area contributed by atoms with Crippen molar-refractivity contribution in [3.63, 3.8) is 0 Å². The van der Waals surface area contributed by atoms with Crippen LogP contribution in [0.2, 0.25) is 0 Å². The molecule has 0 aliphatic rings. The first-order valence-electron chi connectivity index (χ1n) is 6.00. The van der Waals surface area contributed by atoms with Gasteiger partial charge in [0, 0.05) is 0 Å². The standard InChI is InChI=1S/C14H19NO4/c1-14(2,3)12(13(17)18)15-11(16)9-19-10-7-5-4-6-8-10/h4-8,12H,9H2,1-3H3,(H,15,16)(H,17,18)/t12-/m1/s1. The van der Waals surface area contributed by atoms with Gasteiger partial charge in [-0.05, 0) is 17.5 Å². The molecule has 5 heteroatoms. The van der Waals surface area contributed by atoms with Gasteiger partial charge in [0.25, 0.3) is 5.91 Å². The third-order valence-electron chi connectivity index (χ3n) is 2.53. The molecule has 0 saturated carbocycles. The van der Waals surface area contributed by atoms with E-state index in [0.29, 0.717) is 5.75 Å². The average Bonchev–Trinajstić information content (AvgIpc) is 2.33. The summed E-state index contributed by atoms with van der Waals surface area (Å²) in [7, 11) is 0. The van der Waals surface area contributed by atoms with E-state index in [0.717, 1.165) is 0 Å². The van der Waals surface area contributed by atoms with Crippen LogP contribution < -0.4 is 10.1 Å². The first-order chi connectivity index (χ1) is 8.80. The zero-order valence-electron chi connectivity index (χ0n) is 11.3. The van der Waals surface area contributed by atoms with Crippen molar-refractivity contribution in [1.82, 2.24) is 5.32 Å². The van der Waals surface area contributed by atoms with Gasteiger partial charge in [0.2, 0.25) is 0 Å². The van der Waals surface area contributed by atoms with Crippen molar-refractivity contribution in [3.05, 3.63) is 30.3 Å². The number of benzene rings is 1. The van der Waals surface area contributed by atoms with E-state index in [9.17, 15) is 9.59 Å². The molecule has 1 atom stereocenters. The van der Waals surface area contributed by atoms with E-state index in [4.69, 9.17) is 9.84 Å². The number of hydrogen-bond donors (Lipinski definition) is 2. The third kappa shape index (κ3) is 4.99. The molecule has 0 spiro atoms. The largest absolute Gasteiger partial charge is 0.484 e. The number of rotatable bonds is 5. The van der Waals surface area contributed by atoms with Crippen molar-refractivity contribution in [2.45, 2.75) is 26.8 Å². The molecule has 0 saturated heterocycles. The molecule has 1 amide bonds. The molecule has 104 valence electrons. The summed E-state index contributed by atoms with van der Waals surface area (Å²) in [6.45, 7) is 5.06. The van der Waals surface area contributed by atoms with Gasteiger partial charge in [-0.2, -0.15) is 0 Å². The Kier molecular flexibility index (Phi) is 4.92. The summed E-state index contributed by atoms with van der Waals surface area (Å²) in [4.78, 5) is 22.8. The highest BCUT2D eigenvalue weighted by Gasteiger charge is 2.32. The van der Waals surface area contributed by atoms with Crippen LogP contribution >= 0.6 is 0 Å².